The van der Waals surface area contributed by atoms with Gasteiger partial charge in [0.1, 0.15) is 0 Å². The molecule has 0 aliphatic carbocycles. The van der Waals surface area contributed by atoms with Crippen LogP contribution in [0.5, 0.6) is 0 Å². The smallest absolute Gasteiger partial charge is 0.279 e. The van der Waals surface area contributed by atoms with Crippen molar-refractivity contribution >= 4 is 16.0 Å². The summed E-state index contributed by atoms with van der Waals surface area (Å²) in [5.74, 6) is -0.0170. The van der Waals surface area contributed by atoms with Gasteiger partial charge in [-0.15, -0.1) is 0 Å². The van der Waals surface area contributed by atoms with Gasteiger partial charge in [0, 0.05) is 25.0 Å². The summed E-state index contributed by atoms with van der Waals surface area (Å²) in [6.07, 6.45) is 1.83. The van der Waals surface area contributed by atoms with Crippen molar-refractivity contribution in [1.29, 1.82) is 5.41 Å². The van der Waals surface area contributed by atoms with Gasteiger partial charge < -0.3 is 5.73 Å². The number of nitrogens with zero attached hydrogens (tertiary/aromatic N) is 1. The Morgan fingerprint density at radius 1 is 1.44 bits per heavy atom. The molecule has 0 saturated carbocycles. The van der Waals surface area contributed by atoms with Crippen LogP contribution < -0.4 is 10.5 Å². The summed E-state index contributed by atoms with van der Waals surface area (Å²) in [5, 5.41) is 7.34. The fourth-order valence-corrected chi connectivity index (χ4v) is 2.85. The van der Waals surface area contributed by atoms with Crippen LogP contribution >= 0.6 is 0 Å². The van der Waals surface area contributed by atoms with E-state index < -0.39 is 15.6 Å². The molecule has 0 aromatic rings. The molecule has 1 aliphatic heterocycles. The molecule has 0 radical (unpaired) electrons. The Hall–Kier alpha value is -0.660. The highest BCUT2D eigenvalue weighted by Gasteiger charge is 2.29. The highest BCUT2D eigenvalue weighted by Crippen LogP contribution is 2.15. The van der Waals surface area contributed by atoms with E-state index in [-0.39, 0.29) is 12.4 Å². The summed E-state index contributed by atoms with van der Waals surface area (Å²) < 4.78 is 27.5. The first-order valence-corrected chi connectivity index (χ1v) is 6.79. The largest absolute Gasteiger partial charge is 0.387 e. The predicted octanol–water partition coefficient (Wildman–Crippen LogP) is -0.121. The van der Waals surface area contributed by atoms with Crippen molar-refractivity contribution < 1.29 is 8.42 Å². The maximum absolute atomic E-state index is 11.8. The third-order valence-electron chi connectivity index (χ3n) is 2.83. The van der Waals surface area contributed by atoms with Crippen molar-refractivity contribution in [2.24, 2.45) is 11.1 Å². The average Bonchev–Trinajstić information content (AvgIpc) is 2.68. The van der Waals surface area contributed by atoms with E-state index in [4.69, 9.17) is 11.1 Å². The monoisotopic (exact) mass is 248 g/mol. The van der Waals surface area contributed by atoms with Crippen molar-refractivity contribution in [3.8, 4) is 0 Å². The van der Waals surface area contributed by atoms with Gasteiger partial charge in [-0.25, -0.2) is 4.72 Å². The molecule has 1 aliphatic rings. The number of amidine groups is 1. The van der Waals surface area contributed by atoms with Crippen molar-refractivity contribution in [2.75, 3.05) is 19.6 Å². The predicted molar refractivity (Wildman–Crippen MR) is 63.4 cm³/mol. The van der Waals surface area contributed by atoms with Gasteiger partial charge in [0.25, 0.3) is 10.2 Å². The van der Waals surface area contributed by atoms with E-state index in [1.807, 2.05) is 0 Å². The first-order chi connectivity index (χ1) is 7.26. The highest BCUT2D eigenvalue weighted by atomic mass is 32.2. The minimum absolute atomic E-state index is 0.0170. The van der Waals surface area contributed by atoms with Crippen LogP contribution in [-0.4, -0.2) is 38.2 Å². The summed E-state index contributed by atoms with van der Waals surface area (Å²) in [6.45, 7) is 4.79. The molecule has 0 aromatic heterocycles. The molecule has 1 heterocycles. The van der Waals surface area contributed by atoms with E-state index >= 15 is 0 Å². The van der Waals surface area contributed by atoms with Crippen LogP contribution in [-0.2, 0) is 10.2 Å². The summed E-state index contributed by atoms with van der Waals surface area (Å²) in [7, 11) is -3.40. The van der Waals surface area contributed by atoms with Gasteiger partial charge in [0.15, 0.2) is 0 Å². The van der Waals surface area contributed by atoms with Crippen molar-refractivity contribution in [3.05, 3.63) is 0 Å². The standard InChI is InChI=1S/C9H20N4O2S/c1-9(2,8(10)11)7-12-16(14,15)13-5-3-4-6-13/h12H,3-7H2,1-2H3,(H3,10,11). The zero-order chi connectivity index (χ0) is 12.4. The molecule has 94 valence electrons. The Kier molecular flexibility index (Phi) is 3.92. The Bertz CT molecular complexity index is 358. The molecular formula is C9H20N4O2S. The van der Waals surface area contributed by atoms with E-state index in [1.165, 1.54) is 4.31 Å². The molecule has 0 unspecified atom stereocenters. The van der Waals surface area contributed by atoms with Gasteiger partial charge in [-0.1, -0.05) is 13.8 Å². The second kappa shape index (κ2) is 4.68. The van der Waals surface area contributed by atoms with Gasteiger partial charge in [0.2, 0.25) is 0 Å². The molecule has 0 bridgehead atoms. The van der Waals surface area contributed by atoms with Gasteiger partial charge >= 0.3 is 0 Å². The molecule has 0 amide bonds. The molecule has 0 spiro atoms. The Balaban J connectivity index is 2.57. The van der Waals surface area contributed by atoms with Gasteiger partial charge in [0.05, 0.1) is 5.84 Å². The zero-order valence-electron chi connectivity index (χ0n) is 9.78. The minimum Gasteiger partial charge on any atom is -0.387 e. The maximum Gasteiger partial charge on any atom is 0.279 e. The first-order valence-electron chi connectivity index (χ1n) is 5.35. The number of hydrogen-bond acceptors (Lipinski definition) is 3. The lowest BCUT2D eigenvalue weighted by atomic mass is 9.93. The third-order valence-corrected chi connectivity index (χ3v) is 4.38. The fraction of sp³-hybridized carbons (Fsp3) is 0.889. The SMILES string of the molecule is CC(C)(CNS(=O)(=O)N1CCCC1)C(=N)N. The van der Waals surface area contributed by atoms with Gasteiger partial charge in [-0.3, -0.25) is 5.41 Å². The molecule has 6 nitrogen and oxygen atoms in total. The number of rotatable bonds is 5. The first kappa shape index (κ1) is 13.4. The summed E-state index contributed by atoms with van der Waals surface area (Å²) in [5.41, 5.74) is 4.74. The molecule has 4 N–H and O–H groups in total. The molecule has 1 saturated heterocycles. The lowest BCUT2D eigenvalue weighted by Crippen LogP contribution is -2.46. The van der Waals surface area contributed by atoms with Crippen molar-refractivity contribution in [1.82, 2.24) is 9.03 Å². The quantitative estimate of drug-likeness (QED) is 0.467. The van der Waals surface area contributed by atoms with Gasteiger partial charge in [-0.05, 0) is 12.8 Å². The van der Waals surface area contributed by atoms with E-state index in [9.17, 15) is 8.42 Å². The summed E-state index contributed by atoms with van der Waals surface area (Å²) >= 11 is 0. The molecular weight excluding hydrogens is 228 g/mol. The fourth-order valence-electron chi connectivity index (χ4n) is 1.39. The lowest BCUT2D eigenvalue weighted by molar-refractivity contribution is 0.441. The normalized spacial score (nSPS) is 18.9. The highest BCUT2D eigenvalue weighted by molar-refractivity contribution is 7.87. The van der Waals surface area contributed by atoms with Crippen LogP contribution in [0, 0.1) is 10.8 Å². The van der Waals surface area contributed by atoms with Crippen LogP contribution in [0.1, 0.15) is 26.7 Å². The Morgan fingerprint density at radius 3 is 2.38 bits per heavy atom. The van der Waals surface area contributed by atoms with E-state index in [0.717, 1.165) is 12.8 Å². The second-order valence-corrected chi connectivity index (χ2v) is 6.49. The van der Waals surface area contributed by atoms with Gasteiger partial charge in [-0.2, -0.15) is 12.7 Å². The van der Waals surface area contributed by atoms with Crippen LogP contribution in [0.2, 0.25) is 0 Å². The molecule has 0 aromatic carbocycles. The lowest BCUT2D eigenvalue weighted by Gasteiger charge is -2.25. The van der Waals surface area contributed by atoms with E-state index in [1.54, 1.807) is 13.8 Å². The summed E-state index contributed by atoms with van der Waals surface area (Å²) in [4.78, 5) is 0. The molecule has 7 heteroatoms. The summed E-state index contributed by atoms with van der Waals surface area (Å²) in [6, 6.07) is 0. The van der Waals surface area contributed by atoms with Crippen LogP contribution in [0.15, 0.2) is 0 Å². The number of nitrogens with one attached hydrogen (secondary N) is 2. The molecule has 1 fully saturated rings. The Labute approximate surface area is 96.9 Å². The van der Waals surface area contributed by atoms with Crippen LogP contribution in [0.4, 0.5) is 0 Å². The maximum atomic E-state index is 11.8. The van der Waals surface area contributed by atoms with Crippen molar-refractivity contribution in [3.63, 3.8) is 0 Å². The third kappa shape index (κ3) is 3.16. The van der Waals surface area contributed by atoms with E-state index in [2.05, 4.69) is 4.72 Å². The minimum atomic E-state index is -3.40. The number of nitrogens with two attached hydrogens (primary N) is 1. The zero-order valence-corrected chi connectivity index (χ0v) is 10.6. The van der Waals surface area contributed by atoms with E-state index in [0.29, 0.717) is 13.1 Å². The topological polar surface area (TPSA) is 99.3 Å². The molecule has 16 heavy (non-hydrogen) atoms. The average molecular weight is 248 g/mol. The molecule has 1 rings (SSSR count). The molecule has 0 atom stereocenters. The van der Waals surface area contributed by atoms with Crippen molar-refractivity contribution in [2.45, 2.75) is 26.7 Å². The Morgan fingerprint density at radius 2 is 1.94 bits per heavy atom. The second-order valence-electron chi connectivity index (χ2n) is 4.73. The van der Waals surface area contributed by atoms with Crippen LogP contribution in [0.3, 0.4) is 0 Å². The van der Waals surface area contributed by atoms with Crippen LogP contribution in [0.25, 0.3) is 0 Å². The number of hydrogen-bond donors (Lipinski definition) is 3.